The first-order valence-electron chi connectivity index (χ1n) is 14.1. The number of nitrogens with zero attached hydrogens (tertiary/aromatic N) is 2. The molecule has 218 valence electrons. The van der Waals surface area contributed by atoms with Crippen molar-refractivity contribution in [3.05, 3.63) is 90.0 Å². The average Bonchev–Trinajstić information content (AvgIpc) is 3.00. The molecule has 41 heavy (non-hydrogen) atoms. The second kappa shape index (κ2) is 13.7. The van der Waals surface area contributed by atoms with Gasteiger partial charge >= 0.3 is 0 Å². The molecule has 0 heterocycles. The second-order valence-corrected chi connectivity index (χ2v) is 12.4. The van der Waals surface area contributed by atoms with E-state index in [9.17, 15) is 18.0 Å². The van der Waals surface area contributed by atoms with Crippen LogP contribution in [0.1, 0.15) is 50.2 Å². The Kier molecular flexibility index (Phi) is 10.0. The van der Waals surface area contributed by atoms with Gasteiger partial charge in [-0.15, -0.1) is 0 Å². The summed E-state index contributed by atoms with van der Waals surface area (Å²) in [6.07, 6.45) is 5.13. The molecule has 0 spiro atoms. The first-order chi connectivity index (χ1) is 19.7. The number of hydrogen-bond acceptors (Lipinski definition) is 5. The van der Waals surface area contributed by atoms with Gasteiger partial charge in [-0.3, -0.25) is 13.9 Å². The van der Waals surface area contributed by atoms with E-state index in [2.05, 4.69) is 5.32 Å². The van der Waals surface area contributed by atoms with Gasteiger partial charge in [-0.2, -0.15) is 0 Å². The molecular weight excluding hydrogens is 538 g/mol. The van der Waals surface area contributed by atoms with Gasteiger partial charge in [0.2, 0.25) is 11.8 Å². The normalized spacial score (nSPS) is 14.6. The fourth-order valence-corrected chi connectivity index (χ4v) is 6.47. The number of hydrogen-bond donors (Lipinski definition) is 1. The molecule has 0 aromatic heterocycles. The molecule has 9 heteroatoms. The lowest BCUT2D eigenvalue weighted by Crippen LogP contribution is -2.53. The fourth-order valence-electron chi connectivity index (χ4n) is 5.04. The summed E-state index contributed by atoms with van der Waals surface area (Å²) in [4.78, 5) is 29.0. The van der Waals surface area contributed by atoms with Crippen molar-refractivity contribution in [1.82, 2.24) is 10.2 Å². The van der Waals surface area contributed by atoms with Gasteiger partial charge in [-0.25, -0.2) is 8.42 Å². The molecule has 1 aliphatic carbocycles. The molecule has 0 aliphatic heterocycles. The van der Waals surface area contributed by atoms with Crippen LogP contribution in [0.25, 0.3) is 0 Å². The first kappa shape index (κ1) is 30.1. The van der Waals surface area contributed by atoms with E-state index in [1.807, 2.05) is 31.2 Å². The summed E-state index contributed by atoms with van der Waals surface area (Å²) < 4.78 is 34.1. The number of rotatable bonds is 11. The molecule has 1 unspecified atom stereocenters. The van der Waals surface area contributed by atoms with E-state index in [0.29, 0.717) is 11.4 Å². The lowest BCUT2D eigenvalue weighted by atomic mass is 9.95. The van der Waals surface area contributed by atoms with Gasteiger partial charge < -0.3 is 15.0 Å². The van der Waals surface area contributed by atoms with Crippen LogP contribution in [0.15, 0.2) is 83.8 Å². The zero-order valence-electron chi connectivity index (χ0n) is 24.0. The smallest absolute Gasteiger partial charge is 0.264 e. The first-order valence-corrected chi connectivity index (χ1v) is 15.5. The van der Waals surface area contributed by atoms with Crippen LogP contribution in [0.3, 0.4) is 0 Å². The van der Waals surface area contributed by atoms with Crippen LogP contribution in [-0.2, 0) is 26.2 Å². The topological polar surface area (TPSA) is 96.0 Å². The number of benzene rings is 3. The highest BCUT2D eigenvalue weighted by molar-refractivity contribution is 7.92. The number of methoxy groups -OCH3 is 1. The molecule has 3 aromatic rings. The summed E-state index contributed by atoms with van der Waals surface area (Å²) in [5, 5.41) is 3.12. The van der Waals surface area contributed by atoms with Crippen molar-refractivity contribution in [2.75, 3.05) is 18.0 Å². The third kappa shape index (κ3) is 7.67. The SMILES string of the molecule is COc1ccc(CN(C(=O)CN(c2ccc(C)cc2)S(=O)(=O)c2ccccc2)C(C)C(=O)NC2CCCCC2)cc1. The lowest BCUT2D eigenvalue weighted by Gasteiger charge is -2.33. The van der Waals surface area contributed by atoms with Gasteiger partial charge in [0, 0.05) is 12.6 Å². The number of carbonyl (C=O) groups is 2. The number of amides is 2. The highest BCUT2D eigenvalue weighted by Crippen LogP contribution is 2.25. The molecule has 0 radical (unpaired) electrons. The fraction of sp³-hybridized carbons (Fsp3) is 0.375. The Morgan fingerprint density at radius 1 is 0.927 bits per heavy atom. The van der Waals surface area contributed by atoms with E-state index < -0.39 is 28.5 Å². The van der Waals surface area contributed by atoms with Gasteiger partial charge in [0.15, 0.2) is 0 Å². The van der Waals surface area contributed by atoms with Crippen molar-refractivity contribution in [3.63, 3.8) is 0 Å². The minimum atomic E-state index is -4.08. The molecule has 1 fully saturated rings. The number of sulfonamides is 1. The molecular formula is C32H39N3O5S. The maximum atomic E-state index is 14.1. The summed E-state index contributed by atoms with van der Waals surface area (Å²) in [7, 11) is -2.50. The summed E-state index contributed by atoms with van der Waals surface area (Å²) in [6.45, 7) is 3.28. The Morgan fingerprint density at radius 2 is 1.56 bits per heavy atom. The molecule has 0 bridgehead atoms. The van der Waals surface area contributed by atoms with Crippen LogP contribution in [0.4, 0.5) is 5.69 Å². The second-order valence-electron chi connectivity index (χ2n) is 10.5. The van der Waals surface area contributed by atoms with Gasteiger partial charge in [0.25, 0.3) is 10.0 Å². The molecule has 1 saturated carbocycles. The predicted octanol–water partition coefficient (Wildman–Crippen LogP) is 5.07. The van der Waals surface area contributed by atoms with Crippen LogP contribution >= 0.6 is 0 Å². The summed E-state index contributed by atoms with van der Waals surface area (Å²) in [5.41, 5.74) is 2.13. The average molecular weight is 578 g/mol. The molecule has 8 nitrogen and oxygen atoms in total. The summed E-state index contributed by atoms with van der Waals surface area (Å²) >= 11 is 0. The van der Waals surface area contributed by atoms with E-state index in [-0.39, 0.29) is 23.4 Å². The highest BCUT2D eigenvalue weighted by atomic mass is 32.2. The van der Waals surface area contributed by atoms with Crippen molar-refractivity contribution < 1.29 is 22.7 Å². The van der Waals surface area contributed by atoms with E-state index in [4.69, 9.17) is 4.74 Å². The van der Waals surface area contributed by atoms with E-state index in [0.717, 1.165) is 47.5 Å². The van der Waals surface area contributed by atoms with Crippen molar-refractivity contribution in [2.24, 2.45) is 0 Å². The van der Waals surface area contributed by atoms with Crippen molar-refractivity contribution in [2.45, 2.75) is 69.5 Å². The predicted molar refractivity (Wildman–Crippen MR) is 160 cm³/mol. The van der Waals surface area contributed by atoms with Crippen molar-refractivity contribution >= 4 is 27.5 Å². The van der Waals surface area contributed by atoms with E-state index in [1.54, 1.807) is 56.5 Å². The Balaban J connectivity index is 1.65. The number of aryl methyl sites for hydroxylation is 1. The van der Waals surface area contributed by atoms with E-state index in [1.165, 1.54) is 17.0 Å². The number of nitrogens with one attached hydrogen (secondary N) is 1. The molecule has 2 amide bonds. The lowest BCUT2D eigenvalue weighted by molar-refractivity contribution is -0.139. The molecule has 1 N–H and O–H groups in total. The monoisotopic (exact) mass is 577 g/mol. The standard InChI is InChI=1S/C32H39N3O5S/c1-24-14-18-28(19-15-24)35(41(38,39)30-12-8-5-9-13-30)23-31(36)34(22-26-16-20-29(40-3)21-17-26)25(2)32(37)33-27-10-6-4-7-11-27/h5,8-9,12-21,25,27H,4,6-7,10-11,22-23H2,1-3H3,(H,33,37). The quantitative estimate of drug-likeness (QED) is 0.344. The molecule has 1 aliphatic rings. The Hall–Kier alpha value is -3.85. The minimum absolute atomic E-state index is 0.0816. The van der Waals surface area contributed by atoms with Crippen molar-refractivity contribution in [3.8, 4) is 5.75 Å². The summed E-state index contributed by atoms with van der Waals surface area (Å²) in [6, 6.07) is 21.6. The van der Waals surface area contributed by atoms with Crippen LogP contribution in [0, 0.1) is 6.92 Å². The van der Waals surface area contributed by atoms with Crippen LogP contribution in [0.2, 0.25) is 0 Å². The maximum absolute atomic E-state index is 14.1. The Morgan fingerprint density at radius 3 is 2.17 bits per heavy atom. The van der Waals surface area contributed by atoms with Crippen LogP contribution in [-0.4, -0.2) is 50.9 Å². The van der Waals surface area contributed by atoms with Crippen LogP contribution < -0.4 is 14.4 Å². The van der Waals surface area contributed by atoms with Gasteiger partial charge in [-0.1, -0.05) is 67.3 Å². The third-order valence-corrected chi connectivity index (χ3v) is 9.35. The molecule has 4 rings (SSSR count). The van der Waals surface area contributed by atoms with Gasteiger partial charge in [-0.05, 0) is 68.7 Å². The van der Waals surface area contributed by atoms with Crippen LogP contribution in [0.5, 0.6) is 5.75 Å². The van der Waals surface area contributed by atoms with E-state index >= 15 is 0 Å². The molecule has 1 atom stereocenters. The van der Waals surface area contributed by atoms with Crippen molar-refractivity contribution in [1.29, 1.82) is 0 Å². The Labute approximate surface area is 243 Å². The largest absolute Gasteiger partial charge is 0.497 e. The molecule has 3 aromatic carbocycles. The number of anilines is 1. The summed E-state index contributed by atoms with van der Waals surface area (Å²) in [5.74, 6) is -0.0482. The third-order valence-electron chi connectivity index (χ3n) is 7.56. The zero-order chi connectivity index (χ0) is 29.4. The number of ether oxygens (including phenoxy) is 1. The van der Waals surface area contributed by atoms with Gasteiger partial charge in [0.1, 0.15) is 18.3 Å². The highest BCUT2D eigenvalue weighted by Gasteiger charge is 2.33. The zero-order valence-corrected chi connectivity index (χ0v) is 24.8. The minimum Gasteiger partial charge on any atom is -0.497 e. The maximum Gasteiger partial charge on any atom is 0.264 e. The Bertz CT molecular complexity index is 1400. The number of carbonyl (C=O) groups excluding carboxylic acids is 2. The van der Waals surface area contributed by atoms with Gasteiger partial charge in [0.05, 0.1) is 17.7 Å². The molecule has 0 saturated heterocycles.